The van der Waals surface area contributed by atoms with E-state index in [-0.39, 0.29) is 18.5 Å². The lowest BCUT2D eigenvalue weighted by Crippen LogP contribution is -2.28. The number of thiazole rings is 1. The van der Waals surface area contributed by atoms with Crippen LogP contribution < -0.4 is 0 Å². The van der Waals surface area contributed by atoms with E-state index < -0.39 is 11.6 Å². The molecular formula is C12H11F3N2OS. The molecule has 0 atom stereocenters. The molecule has 0 aliphatic heterocycles. The number of nitrogens with zero attached hydrogens (tertiary/aromatic N) is 2. The molecule has 2 aromatic heterocycles. The van der Waals surface area contributed by atoms with E-state index >= 15 is 0 Å². The number of aryl methyl sites for hydroxylation is 2. The van der Waals surface area contributed by atoms with Gasteiger partial charge in [-0.2, -0.15) is 13.2 Å². The van der Waals surface area contributed by atoms with Gasteiger partial charge in [-0.3, -0.25) is 0 Å². The molecule has 1 saturated carbocycles. The van der Waals surface area contributed by atoms with Gasteiger partial charge in [0.1, 0.15) is 16.2 Å². The molecule has 0 spiro atoms. The standard InChI is InChI=1S/C12H11F3N2OS/c1-6-9(7(2)18-17-6)10-16-8(5-19-10)11(3-4-11)12(13,14)15/h5H,3-4H2,1-2H3. The minimum atomic E-state index is -4.23. The van der Waals surface area contributed by atoms with Crippen molar-refractivity contribution in [3.05, 3.63) is 22.5 Å². The van der Waals surface area contributed by atoms with E-state index in [1.54, 1.807) is 13.8 Å². The van der Waals surface area contributed by atoms with Crippen molar-refractivity contribution in [2.75, 3.05) is 0 Å². The first-order valence-electron chi connectivity index (χ1n) is 5.81. The fourth-order valence-electron chi connectivity index (χ4n) is 2.21. The van der Waals surface area contributed by atoms with Crippen molar-refractivity contribution >= 4 is 11.3 Å². The van der Waals surface area contributed by atoms with E-state index in [2.05, 4.69) is 10.1 Å². The normalized spacial score (nSPS) is 17.7. The van der Waals surface area contributed by atoms with E-state index in [9.17, 15) is 13.2 Å². The smallest absolute Gasteiger partial charge is 0.361 e. The fourth-order valence-corrected chi connectivity index (χ4v) is 3.27. The van der Waals surface area contributed by atoms with Gasteiger partial charge in [-0.15, -0.1) is 11.3 Å². The number of hydrogen-bond acceptors (Lipinski definition) is 4. The molecule has 1 aliphatic carbocycles. The summed E-state index contributed by atoms with van der Waals surface area (Å²) in [4.78, 5) is 4.17. The zero-order valence-corrected chi connectivity index (χ0v) is 11.2. The predicted octanol–water partition coefficient (Wildman–Crippen LogP) is 4.01. The van der Waals surface area contributed by atoms with Gasteiger partial charge in [0.05, 0.1) is 17.0 Å². The van der Waals surface area contributed by atoms with Crippen LogP contribution in [0.4, 0.5) is 13.2 Å². The second-order valence-corrected chi connectivity index (χ2v) is 5.68. The predicted molar refractivity (Wildman–Crippen MR) is 64.1 cm³/mol. The van der Waals surface area contributed by atoms with Gasteiger partial charge in [-0.25, -0.2) is 4.98 Å². The molecule has 0 amide bonds. The van der Waals surface area contributed by atoms with Crippen molar-refractivity contribution < 1.29 is 17.7 Å². The van der Waals surface area contributed by atoms with Crippen molar-refractivity contribution in [3.63, 3.8) is 0 Å². The van der Waals surface area contributed by atoms with Crippen LogP contribution in [0.25, 0.3) is 10.6 Å². The maximum Gasteiger partial charge on any atom is 0.399 e. The van der Waals surface area contributed by atoms with Gasteiger partial charge in [0.2, 0.25) is 0 Å². The summed E-state index contributed by atoms with van der Waals surface area (Å²) < 4.78 is 44.1. The van der Waals surface area contributed by atoms with Crippen LogP contribution in [-0.4, -0.2) is 16.3 Å². The third-order valence-electron chi connectivity index (χ3n) is 3.53. The second kappa shape index (κ2) is 3.82. The van der Waals surface area contributed by atoms with Gasteiger partial charge >= 0.3 is 6.18 Å². The SMILES string of the molecule is Cc1noc(C)c1-c1nc(C2(C(F)(F)F)CC2)cs1. The van der Waals surface area contributed by atoms with Gasteiger partial charge in [-0.1, -0.05) is 5.16 Å². The maximum atomic E-state index is 13.0. The lowest BCUT2D eigenvalue weighted by atomic mass is 10.0. The van der Waals surface area contributed by atoms with Gasteiger partial charge in [0.25, 0.3) is 0 Å². The molecule has 0 radical (unpaired) electrons. The van der Waals surface area contributed by atoms with Gasteiger partial charge in [0, 0.05) is 5.38 Å². The summed E-state index contributed by atoms with van der Waals surface area (Å²) in [5, 5.41) is 5.84. The Morgan fingerprint density at radius 2 is 2.00 bits per heavy atom. The molecule has 19 heavy (non-hydrogen) atoms. The highest BCUT2D eigenvalue weighted by Crippen LogP contribution is 2.59. The minimum Gasteiger partial charge on any atom is -0.361 e. The molecule has 102 valence electrons. The highest BCUT2D eigenvalue weighted by molar-refractivity contribution is 7.13. The van der Waals surface area contributed by atoms with Crippen LogP contribution in [0.3, 0.4) is 0 Å². The van der Waals surface area contributed by atoms with Crippen molar-refractivity contribution in [2.24, 2.45) is 0 Å². The number of rotatable bonds is 2. The Hall–Kier alpha value is -1.37. The highest BCUT2D eigenvalue weighted by atomic mass is 32.1. The number of hydrogen-bond donors (Lipinski definition) is 0. The number of aromatic nitrogens is 2. The van der Waals surface area contributed by atoms with Crippen LogP contribution in [-0.2, 0) is 5.41 Å². The third-order valence-corrected chi connectivity index (χ3v) is 4.39. The molecular weight excluding hydrogens is 277 g/mol. The van der Waals surface area contributed by atoms with Gasteiger partial charge < -0.3 is 4.52 Å². The molecule has 0 bridgehead atoms. The summed E-state index contributed by atoms with van der Waals surface area (Å²) in [5.41, 5.74) is -0.245. The number of halogens is 3. The van der Waals surface area contributed by atoms with Crippen molar-refractivity contribution in [1.82, 2.24) is 10.1 Å². The molecule has 2 aromatic rings. The lowest BCUT2D eigenvalue weighted by Gasteiger charge is -2.16. The summed E-state index contributed by atoms with van der Waals surface area (Å²) in [6.45, 7) is 3.48. The summed E-state index contributed by atoms with van der Waals surface area (Å²) in [5.74, 6) is 0.579. The van der Waals surface area contributed by atoms with Gasteiger partial charge in [-0.05, 0) is 26.7 Å². The van der Waals surface area contributed by atoms with Crippen molar-refractivity contribution in [3.8, 4) is 10.6 Å². The van der Waals surface area contributed by atoms with Crippen LogP contribution >= 0.6 is 11.3 Å². The summed E-state index contributed by atoms with van der Waals surface area (Å²) in [7, 11) is 0. The molecule has 0 saturated heterocycles. The third kappa shape index (κ3) is 1.79. The van der Waals surface area contributed by atoms with Crippen molar-refractivity contribution in [2.45, 2.75) is 38.3 Å². The molecule has 2 heterocycles. The first kappa shape index (κ1) is 12.7. The van der Waals surface area contributed by atoms with Crippen LogP contribution in [0.1, 0.15) is 30.0 Å². The second-order valence-electron chi connectivity index (χ2n) is 4.82. The Morgan fingerprint density at radius 3 is 2.47 bits per heavy atom. The van der Waals surface area contributed by atoms with Gasteiger partial charge in [0.15, 0.2) is 0 Å². The van der Waals surface area contributed by atoms with Crippen molar-refractivity contribution in [1.29, 1.82) is 0 Å². The van der Waals surface area contributed by atoms with Crippen LogP contribution in [0.2, 0.25) is 0 Å². The molecule has 0 unspecified atom stereocenters. The molecule has 1 aliphatic rings. The Morgan fingerprint density at radius 1 is 1.32 bits per heavy atom. The Bertz CT molecular complexity index is 606. The molecule has 1 fully saturated rings. The van der Waals surface area contributed by atoms with E-state index in [1.165, 1.54) is 16.7 Å². The first-order chi connectivity index (χ1) is 8.85. The molecule has 0 aromatic carbocycles. The average molecular weight is 288 g/mol. The summed E-state index contributed by atoms with van der Waals surface area (Å²) in [6, 6.07) is 0. The quantitative estimate of drug-likeness (QED) is 0.838. The van der Waals surface area contributed by atoms with E-state index in [0.717, 1.165) is 0 Å². The fraction of sp³-hybridized carbons (Fsp3) is 0.500. The van der Waals surface area contributed by atoms with Crippen LogP contribution in [0.5, 0.6) is 0 Å². The topological polar surface area (TPSA) is 38.9 Å². The highest BCUT2D eigenvalue weighted by Gasteiger charge is 2.65. The van der Waals surface area contributed by atoms with E-state index in [4.69, 9.17) is 4.52 Å². The average Bonchev–Trinajstić information content (AvgIpc) is 2.90. The zero-order chi connectivity index (χ0) is 13.8. The molecule has 0 N–H and O–H groups in total. The summed E-state index contributed by atoms with van der Waals surface area (Å²) in [6.07, 6.45) is -3.97. The first-order valence-corrected chi connectivity index (χ1v) is 6.69. The van der Waals surface area contributed by atoms with Crippen LogP contribution in [0.15, 0.2) is 9.90 Å². The Kier molecular flexibility index (Phi) is 2.54. The van der Waals surface area contributed by atoms with E-state index in [0.29, 0.717) is 22.0 Å². The number of alkyl halides is 3. The summed E-state index contributed by atoms with van der Waals surface area (Å²) >= 11 is 1.21. The largest absolute Gasteiger partial charge is 0.399 e. The molecule has 3 rings (SSSR count). The maximum absolute atomic E-state index is 13.0. The van der Waals surface area contributed by atoms with Crippen LogP contribution in [0, 0.1) is 13.8 Å². The molecule has 7 heteroatoms. The zero-order valence-electron chi connectivity index (χ0n) is 10.3. The van der Waals surface area contributed by atoms with E-state index in [1.807, 2.05) is 0 Å². The Balaban J connectivity index is 2.02. The Labute approximate surface area is 111 Å². The molecule has 3 nitrogen and oxygen atoms in total. The minimum absolute atomic E-state index is 0.125. The monoisotopic (exact) mass is 288 g/mol. The lowest BCUT2D eigenvalue weighted by molar-refractivity contribution is -0.161.